The predicted molar refractivity (Wildman–Crippen MR) is 54.3 cm³/mol. The van der Waals surface area contributed by atoms with Gasteiger partial charge in [0.15, 0.2) is 0 Å². The van der Waals surface area contributed by atoms with Gasteiger partial charge in [-0.2, -0.15) is 0 Å². The van der Waals surface area contributed by atoms with Gasteiger partial charge in [0, 0.05) is 13.1 Å². The molecular weight excluding hydrogens is 146 g/mol. The Morgan fingerprint density at radius 2 is 1.42 bits per heavy atom. The Morgan fingerprint density at radius 3 is 1.75 bits per heavy atom. The van der Waals surface area contributed by atoms with E-state index in [0.717, 1.165) is 11.8 Å². The molecule has 0 aromatic carbocycles. The van der Waals surface area contributed by atoms with Gasteiger partial charge in [-0.05, 0) is 31.7 Å². The molecule has 0 spiro atoms. The van der Waals surface area contributed by atoms with Crippen molar-refractivity contribution in [2.45, 2.75) is 39.5 Å². The van der Waals surface area contributed by atoms with Crippen molar-refractivity contribution in [2.24, 2.45) is 11.8 Å². The zero-order valence-corrected chi connectivity index (χ0v) is 8.84. The number of hydrogen-bond donors (Lipinski definition) is 0. The topological polar surface area (TPSA) is 3.24 Å². The Morgan fingerprint density at radius 1 is 1.00 bits per heavy atom. The molecule has 1 aliphatic rings. The zero-order chi connectivity index (χ0) is 8.97. The summed E-state index contributed by atoms with van der Waals surface area (Å²) in [6.45, 7) is 7.31. The standard InChI is InChI=1S/C11H23N/c1-4-6-10-8-12(3)9-11(10)7-5-2/h10-11H,4-9H2,1-3H3. The summed E-state index contributed by atoms with van der Waals surface area (Å²) in [5, 5.41) is 0. The molecule has 0 bridgehead atoms. The van der Waals surface area contributed by atoms with Gasteiger partial charge >= 0.3 is 0 Å². The van der Waals surface area contributed by atoms with Crippen LogP contribution in [0.25, 0.3) is 0 Å². The first kappa shape index (κ1) is 10.0. The normalized spacial score (nSPS) is 31.2. The van der Waals surface area contributed by atoms with E-state index in [-0.39, 0.29) is 0 Å². The fraction of sp³-hybridized carbons (Fsp3) is 1.00. The summed E-state index contributed by atoms with van der Waals surface area (Å²) in [6, 6.07) is 0. The van der Waals surface area contributed by atoms with Crippen LogP contribution in [0.4, 0.5) is 0 Å². The molecule has 0 aromatic rings. The van der Waals surface area contributed by atoms with E-state index in [1.165, 1.54) is 38.8 Å². The van der Waals surface area contributed by atoms with Gasteiger partial charge in [-0.1, -0.05) is 26.7 Å². The second-order valence-electron chi connectivity index (χ2n) is 4.32. The third kappa shape index (κ3) is 2.48. The molecule has 72 valence electrons. The average molecular weight is 169 g/mol. The summed E-state index contributed by atoms with van der Waals surface area (Å²) in [5.41, 5.74) is 0. The Labute approximate surface area is 77.1 Å². The van der Waals surface area contributed by atoms with E-state index < -0.39 is 0 Å². The van der Waals surface area contributed by atoms with Gasteiger partial charge in [-0.25, -0.2) is 0 Å². The minimum absolute atomic E-state index is 1.000. The fourth-order valence-electron chi connectivity index (χ4n) is 2.57. The maximum absolute atomic E-state index is 2.50. The van der Waals surface area contributed by atoms with Crippen LogP contribution in [0.1, 0.15) is 39.5 Å². The minimum Gasteiger partial charge on any atom is -0.306 e. The van der Waals surface area contributed by atoms with E-state index in [0.29, 0.717) is 0 Å². The van der Waals surface area contributed by atoms with E-state index in [9.17, 15) is 0 Å². The third-order valence-corrected chi connectivity index (χ3v) is 3.08. The van der Waals surface area contributed by atoms with Crippen LogP contribution in [0.5, 0.6) is 0 Å². The van der Waals surface area contributed by atoms with Crippen LogP contribution in [-0.4, -0.2) is 25.0 Å². The van der Waals surface area contributed by atoms with Gasteiger partial charge < -0.3 is 4.90 Å². The van der Waals surface area contributed by atoms with Crippen molar-refractivity contribution in [2.75, 3.05) is 20.1 Å². The van der Waals surface area contributed by atoms with Crippen LogP contribution in [-0.2, 0) is 0 Å². The monoisotopic (exact) mass is 169 g/mol. The third-order valence-electron chi connectivity index (χ3n) is 3.08. The number of nitrogens with zero attached hydrogens (tertiary/aromatic N) is 1. The first-order valence-electron chi connectivity index (χ1n) is 5.46. The largest absolute Gasteiger partial charge is 0.306 e. The highest BCUT2D eigenvalue weighted by Crippen LogP contribution is 2.29. The summed E-state index contributed by atoms with van der Waals surface area (Å²) in [7, 11) is 2.26. The maximum Gasteiger partial charge on any atom is 0.000985 e. The lowest BCUT2D eigenvalue weighted by Crippen LogP contribution is -2.13. The highest BCUT2D eigenvalue weighted by atomic mass is 15.1. The summed E-state index contributed by atoms with van der Waals surface area (Å²) >= 11 is 0. The molecule has 0 N–H and O–H groups in total. The highest BCUT2D eigenvalue weighted by Gasteiger charge is 2.28. The molecule has 12 heavy (non-hydrogen) atoms. The maximum atomic E-state index is 2.50. The van der Waals surface area contributed by atoms with Crippen molar-refractivity contribution in [1.82, 2.24) is 4.90 Å². The number of likely N-dealkylation sites (tertiary alicyclic amines) is 1. The number of hydrogen-bond acceptors (Lipinski definition) is 1. The van der Waals surface area contributed by atoms with E-state index >= 15 is 0 Å². The Kier molecular flexibility index (Phi) is 4.07. The molecule has 1 heterocycles. The minimum atomic E-state index is 1.000. The van der Waals surface area contributed by atoms with Crippen LogP contribution >= 0.6 is 0 Å². The van der Waals surface area contributed by atoms with Gasteiger partial charge in [0.25, 0.3) is 0 Å². The molecule has 0 aromatic heterocycles. The fourth-order valence-corrected chi connectivity index (χ4v) is 2.57. The molecule has 2 atom stereocenters. The predicted octanol–water partition coefficient (Wildman–Crippen LogP) is 2.76. The average Bonchev–Trinajstić information content (AvgIpc) is 2.33. The van der Waals surface area contributed by atoms with Gasteiger partial charge in [-0.3, -0.25) is 0 Å². The summed E-state index contributed by atoms with van der Waals surface area (Å²) < 4.78 is 0. The van der Waals surface area contributed by atoms with Crippen molar-refractivity contribution in [3.8, 4) is 0 Å². The van der Waals surface area contributed by atoms with Crippen molar-refractivity contribution < 1.29 is 0 Å². The molecular formula is C11H23N. The van der Waals surface area contributed by atoms with Crippen LogP contribution in [0, 0.1) is 11.8 Å². The van der Waals surface area contributed by atoms with Gasteiger partial charge in [0.2, 0.25) is 0 Å². The molecule has 0 amide bonds. The SMILES string of the molecule is CCCC1CN(C)CC1CCC. The summed E-state index contributed by atoms with van der Waals surface area (Å²) in [5.74, 6) is 2.00. The lowest BCUT2D eigenvalue weighted by atomic mass is 9.89. The molecule has 1 saturated heterocycles. The van der Waals surface area contributed by atoms with E-state index in [2.05, 4.69) is 25.8 Å². The second kappa shape index (κ2) is 4.86. The lowest BCUT2D eigenvalue weighted by Gasteiger charge is -2.16. The molecule has 1 nitrogen and oxygen atoms in total. The summed E-state index contributed by atoms with van der Waals surface area (Å²) in [4.78, 5) is 2.50. The first-order valence-corrected chi connectivity index (χ1v) is 5.46. The smallest absolute Gasteiger partial charge is 0.000985 e. The zero-order valence-electron chi connectivity index (χ0n) is 8.84. The summed E-state index contributed by atoms with van der Waals surface area (Å²) in [6.07, 6.45) is 5.60. The molecule has 0 saturated carbocycles. The quantitative estimate of drug-likeness (QED) is 0.625. The Balaban J connectivity index is 2.36. The first-order chi connectivity index (χ1) is 5.77. The molecule has 1 rings (SSSR count). The van der Waals surface area contributed by atoms with Crippen molar-refractivity contribution in [3.63, 3.8) is 0 Å². The molecule has 0 radical (unpaired) electrons. The molecule has 1 aliphatic heterocycles. The molecule has 0 aliphatic carbocycles. The highest BCUT2D eigenvalue weighted by molar-refractivity contribution is 4.81. The van der Waals surface area contributed by atoms with Crippen LogP contribution in [0.2, 0.25) is 0 Å². The van der Waals surface area contributed by atoms with E-state index in [4.69, 9.17) is 0 Å². The van der Waals surface area contributed by atoms with Crippen molar-refractivity contribution in [3.05, 3.63) is 0 Å². The number of rotatable bonds is 4. The van der Waals surface area contributed by atoms with Crippen molar-refractivity contribution in [1.29, 1.82) is 0 Å². The van der Waals surface area contributed by atoms with E-state index in [1.807, 2.05) is 0 Å². The van der Waals surface area contributed by atoms with Crippen LogP contribution in [0.15, 0.2) is 0 Å². The lowest BCUT2D eigenvalue weighted by molar-refractivity contribution is 0.366. The van der Waals surface area contributed by atoms with Crippen molar-refractivity contribution >= 4 is 0 Å². The van der Waals surface area contributed by atoms with E-state index in [1.54, 1.807) is 0 Å². The molecule has 1 fully saturated rings. The molecule has 2 unspecified atom stereocenters. The van der Waals surface area contributed by atoms with Gasteiger partial charge in [-0.15, -0.1) is 0 Å². The Bertz CT molecular complexity index is 108. The molecule has 1 heteroatoms. The second-order valence-corrected chi connectivity index (χ2v) is 4.32. The van der Waals surface area contributed by atoms with Gasteiger partial charge in [0.05, 0.1) is 0 Å². The van der Waals surface area contributed by atoms with Crippen LogP contribution < -0.4 is 0 Å². The van der Waals surface area contributed by atoms with Crippen LogP contribution in [0.3, 0.4) is 0 Å². The Hall–Kier alpha value is -0.0400. The van der Waals surface area contributed by atoms with Gasteiger partial charge in [0.1, 0.15) is 0 Å².